The number of rotatable bonds is 2. The van der Waals surface area contributed by atoms with E-state index in [1.54, 1.807) is 4.31 Å². The van der Waals surface area contributed by atoms with Crippen molar-refractivity contribution in [3.8, 4) is 0 Å². The van der Waals surface area contributed by atoms with E-state index < -0.39 is 10.0 Å². The Morgan fingerprint density at radius 1 is 1.25 bits per heavy atom. The van der Waals surface area contributed by atoms with Gasteiger partial charge in [0.25, 0.3) is 0 Å². The van der Waals surface area contributed by atoms with Crippen LogP contribution < -0.4 is 0 Å². The molecule has 0 amide bonds. The second kappa shape index (κ2) is 5.31. The van der Waals surface area contributed by atoms with Crippen LogP contribution in [0.2, 0.25) is 0 Å². The molecule has 20 heavy (non-hydrogen) atoms. The number of fused-ring (bicyclic) bond motifs is 1. The minimum Gasteiger partial charge on any atom is -0.376 e. The molecule has 1 aromatic carbocycles. The molecule has 1 unspecified atom stereocenters. The van der Waals surface area contributed by atoms with Gasteiger partial charge >= 0.3 is 0 Å². The van der Waals surface area contributed by atoms with E-state index in [4.69, 9.17) is 4.74 Å². The normalized spacial score (nSPS) is 24.1. The fraction of sp³-hybridized carbons (Fsp3) is 0.467. The van der Waals surface area contributed by atoms with E-state index >= 15 is 0 Å². The summed E-state index contributed by atoms with van der Waals surface area (Å²) in [6, 6.07) is 7.98. The van der Waals surface area contributed by atoms with Crippen LogP contribution in [0.1, 0.15) is 24.5 Å². The molecular formula is C15H19NO3S. The Balaban J connectivity index is 1.91. The molecule has 0 bridgehead atoms. The molecule has 1 aliphatic carbocycles. The second-order valence-electron chi connectivity index (χ2n) is 5.35. The maximum Gasteiger partial charge on any atom is 0.239 e. The Kier molecular flexibility index (Phi) is 3.67. The lowest BCUT2D eigenvalue weighted by molar-refractivity contribution is 0.0104. The zero-order valence-electron chi connectivity index (χ0n) is 11.6. The summed E-state index contributed by atoms with van der Waals surface area (Å²) in [5, 5.41) is 0. The molecule has 1 saturated heterocycles. The third kappa shape index (κ3) is 2.53. The van der Waals surface area contributed by atoms with Crippen LogP contribution in [0.4, 0.5) is 0 Å². The van der Waals surface area contributed by atoms with Gasteiger partial charge in [0.05, 0.1) is 17.6 Å². The smallest absolute Gasteiger partial charge is 0.239 e. The number of morpholine rings is 1. The standard InChI is InChI=1S/C15H19NO3S/c1-12-11-16(8-9-19-12)20(17,18)15-7-6-13-4-2-3-5-14(13)10-15/h2-5,10,12H,6-9,11H2,1H3. The van der Waals surface area contributed by atoms with Crippen LogP contribution in [0.3, 0.4) is 0 Å². The van der Waals surface area contributed by atoms with Gasteiger partial charge in [-0.1, -0.05) is 24.3 Å². The van der Waals surface area contributed by atoms with Gasteiger partial charge in [-0.3, -0.25) is 0 Å². The highest BCUT2D eigenvalue weighted by molar-refractivity contribution is 7.93. The first-order valence-electron chi connectivity index (χ1n) is 6.97. The topological polar surface area (TPSA) is 46.6 Å². The Labute approximate surface area is 120 Å². The summed E-state index contributed by atoms with van der Waals surface area (Å²) in [5.74, 6) is 0. The minimum atomic E-state index is -3.35. The fourth-order valence-corrected chi connectivity index (χ4v) is 4.47. The molecule has 0 aromatic heterocycles. The molecule has 0 saturated carbocycles. The molecule has 5 heteroatoms. The third-order valence-corrected chi connectivity index (χ3v) is 5.88. The third-order valence-electron chi connectivity index (χ3n) is 3.89. The summed E-state index contributed by atoms with van der Waals surface area (Å²) in [7, 11) is -3.35. The number of nitrogens with zero attached hydrogens (tertiary/aromatic N) is 1. The zero-order valence-corrected chi connectivity index (χ0v) is 12.4. The zero-order chi connectivity index (χ0) is 14.2. The molecule has 1 heterocycles. The van der Waals surface area contributed by atoms with Crippen LogP contribution in [-0.4, -0.2) is 38.5 Å². The maximum absolute atomic E-state index is 12.7. The van der Waals surface area contributed by atoms with Crippen molar-refractivity contribution in [2.24, 2.45) is 0 Å². The summed E-state index contributed by atoms with van der Waals surface area (Å²) >= 11 is 0. The number of hydrogen-bond donors (Lipinski definition) is 0. The van der Waals surface area contributed by atoms with Gasteiger partial charge in [-0.05, 0) is 37.0 Å². The van der Waals surface area contributed by atoms with Crippen LogP contribution in [0.15, 0.2) is 29.2 Å². The summed E-state index contributed by atoms with van der Waals surface area (Å²) in [4.78, 5) is 0.533. The van der Waals surface area contributed by atoms with E-state index in [1.165, 1.54) is 5.56 Å². The lowest BCUT2D eigenvalue weighted by Gasteiger charge is -2.31. The highest BCUT2D eigenvalue weighted by Gasteiger charge is 2.31. The molecule has 3 rings (SSSR count). The van der Waals surface area contributed by atoms with Crippen molar-refractivity contribution in [1.29, 1.82) is 0 Å². The Bertz CT molecular complexity index is 636. The van der Waals surface area contributed by atoms with E-state index in [1.807, 2.05) is 31.2 Å². The lowest BCUT2D eigenvalue weighted by atomic mass is 9.98. The predicted molar refractivity (Wildman–Crippen MR) is 78.6 cm³/mol. The summed E-state index contributed by atoms with van der Waals surface area (Å²) in [6.45, 7) is 3.28. The van der Waals surface area contributed by atoms with Crippen molar-refractivity contribution < 1.29 is 13.2 Å². The molecule has 108 valence electrons. The SMILES string of the molecule is CC1CN(S(=O)(=O)C2=Cc3ccccc3CC2)CCO1. The van der Waals surface area contributed by atoms with Gasteiger partial charge in [0.1, 0.15) is 0 Å². The van der Waals surface area contributed by atoms with Crippen molar-refractivity contribution >= 4 is 16.1 Å². The predicted octanol–water partition coefficient (Wildman–Crippen LogP) is 2.02. The Morgan fingerprint density at radius 3 is 2.85 bits per heavy atom. The molecule has 0 N–H and O–H groups in total. The van der Waals surface area contributed by atoms with Crippen LogP contribution in [0, 0.1) is 0 Å². The van der Waals surface area contributed by atoms with Crippen molar-refractivity contribution in [3.05, 3.63) is 40.3 Å². The maximum atomic E-state index is 12.7. The van der Waals surface area contributed by atoms with Gasteiger partial charge in [-0.25, -0.2) is 8.42 Å². The molecule has 4 nitrogen and oxygen atoms in total. The first-order chi connectivity index (χ1) is 9.57. The number of sulfonamides is 1. The van der Waals surface area contributed by atoms with E-state index in [-0.39, 0.29) is 6.10 Å². The molecule has 1 aliphatic heterocycles. The summed E-state index contributed by atoms with van der Waals surface area (Å²) in [5.41, 5.74) is 2.25. The van der Waals surface area contributed by atoms with E-state index in [2.05, 4.69) is 6.07 Å². The van der Waals surface area contributed by atoms with Crippen molar-refractivity contribution in [2.45, 2.75) is 25.9 Å². The molecule has 1 aromatic rings. The number of ether oxygens (including phenoxy) is 1. The number of allylic oxidation sites excluding steroid dienone is 1. The van der Waals surface area contributed by atoms with Gasteiger partial charge in [0.2, 0.25) is 10.0 Å². The second-order valence-corrected chi connectivity index (χ2v) is 7.34. The quantitative estimate of drug-likeness (QED) is 0.838. The first kappa shape index (κ1) is 13.8. The van der Waals surface area contributed by atoms with Crippen LogP contribution in [-0.2, 0) is 21.2 Å². The number of benzene rings is 1. The summed E-state index contributed by atoms with van der Waals surface area (Å²) < 4.78 is 32.4. The van der Waals surface area contributed by atoms with Crippen molar-refractivity contribution in [2.75, 3.05) is 19.7 Å². The van der Waals surface area contributed by atoms with Gasteiger partial charge in [-0.2, -0.15) is 4.31 Å². The molecule has 0 radical (unpaired) electrons. The van der Waals surface area contributed by atoms with Crippen LogP contribution >= 0.6 is 0 Å². The van der Waals surface area contributed by atoms with Crippen molar-refractivity contribution in [3.63, 3.8) is 0 Å². The monoisotopic (exact) mass is 293 g/mol. The molecule has 0 spiro atoms. The number of hydrogen-bond acceptors (Lipinski definition) is 3. The number of aryl methyl sites for hydroxylation is 1. The average Bonchev–Trinajstić information content (AvgIpc) is 2.46. The van der Waals surface area contributed by atoms with Crippen molar-refractivity contribution in [1.82, 2.24) is 4.31 Å². The largest absolute Gasteiger partial charge is 0.376 e. The molecule has 1 atom stereocenters. The van der Waals surface area contributed by atoms with Gasteiger partial charge in [0, 0.05) is 13.1 Å². The van der Waals surface area contributed by atoms with E-state index in [0.717, 1.165) is 12.0 Å². The highest BCUT2D eigenvalue weighted by Crippen LogP contribution is 2.29. The van der Waals surface area contributed by atoms with E-state index in [9.17, 15) is 8.42 Å². The average molecular weight is 293 g/mol. The molecule has 1 fully saturated rings. The van der Waals surface area contributed by atoms with E-state index in [0.29, 0.717) is 31.0 Å². The van der Waals surface area contributed by atoms with Gasteiger partial charge in [-0.15, -0.1) is 0 Å². The van der Waals surface area contributed by atoms with Gasteiger partial charge < -0.3 is 4.74 Å². The Hall–Kier alpha value is -1.17. The first-order valence-corrected chi connectivity index (χ1v) is 8.41. The van der Waals surface area contributed by atoms with Gasteiger partial charge in [0.15, 0.2) is 0 Å². The van der Waals surface area contributed by atoms with Crippen LogP contribution in [0.5, 0.6) is 0 Å². The fourth-order valence-electron chi connectivity index (χ4n) is 2.78. The minimum absolute atomic E-state index is 0.0324. The molecule has 2 aliphatic rings. The summed E-state index contributed by atoms with van der Waals surface area (Å²) in [6.07, 6.45) is 3.18. The van der Waals surface area contributed by atoms with Crippen LogP contribution in [0.25, 0.3) is 6.08 Å². The lowest BCUT2D eigenvalue weighted by Crippen LogP contribution is -2.45. The molecular weight excluding hydrogens is 274 g/mol. The Morgan fingerprint density at radius 2 is 2.05 bits per heavy atom. The highest BCUT2D eigenvalue weighted by atomic mass is 32.2.